The number of aromatic nitrogens is 1. The topological polar surface area (TPSA) is 26.0 Å². The van der Waals surface area contributed by atoms with E-state index < -0.39 is 0 Å². The molecule has 2 nitrogen and oxygen atoms in total. The van der Waals surface area contributed by atoms with Crippen LogP contribution in [0.25, 0.3) is 65.5 Å². The van der Waals surface area contributed by atoms with Gasteiger partial charge in [-0.2, -0.15) is 0 Å². The molecule has 0 saturated carbocycles. The zero-order chi connectivity index (χ0) is 24.4. The van der Waals surface area contributed by atoms with E-state index in [2.05, 4.69) is 62.4 Å². The summed E-state index contributed by atoms with van der Waals surface area (Å²) in [6.45, 7) is 4.47. The predicted octanol–water partition coefficient (Wildman–Crippen LogP) is 9.45. The monoisotopic (exact) mass is 469 g/mol. The molecule has 2 aromatic heterocycles. The number of benzene rings is 5. The first-order valence-electron chi connectivity index (χ1n) is 12.4. The van der Waals surface area contributed by atoms with E-state index in [1.807, 2.05) is 30.5 Å². The van der Waals surface area contributed by atoms with Gasteiger partial charge in [-0.3, -0.25) is 4.98 Å². The number of furan rings is 1. The minimum absolute atomic E-state index is 0.214. The number of hydrogen-bond acceptors (Lipinski definition) is 2. The van der Waals surface area contributed by atoms with Gasteiger partial charge < -0.3 is 4.42 Å². The molecule has 7 rings (SSSR count). The summed E-state index contributed by atoms with van der Waals surface area (Å²) in [5.41, 5.74) is 5.15. The fourth-order valence-electron chi connectivity index (χ4n) is 5.64. The van der Waals surface area contributed by atoms with Crippen LogP contribution in [0.1, 0.15) is 19.4 Å². The third-order valence-corrected chi connectivity index (χ3v) is 7.18. The van der Waals surface area contributed by atoms with Crippen LogP contribution in [0.4, 0.5) is 4.39 Å². The summed E-state index contributed by atoms with van der Waals surface area (Å²) < 4.78 is 20.1. The molecule has 0 aliphatic heterocycles. The van der Waals surface area contributed by atoms with Gasteiger partial charge in [-0.05, 0) is 81.2 Å². The van der Waals surface area contributed by atoms with Crippen LogP contribution in [0.5, 0.6) is 0 Å². The van der Waals surface area contributed by atoms with Crippen molar-refractivity contribution in [1.29, 1.82) is 0 Å². The second-order valence-electron chi connectivity index (χ2n) is 10.1. The molecule has 0 N–H and O–H groups in total. The van der Waals surface area contributed by atoms with Gasteiger partial charge in [0.15, 0.2) is 0 Å². The highest BCUT2D eigenvalue weighted by Gasteiger charge is 2.17. The van der Waals surface area contributed by atoms with Gasteiger partial charge in [0, 0.05) is 27.9 Å². The van der Waals surface area contributed by atoms with Crippen molar-refractivity contribution in [1.82, 2.24) is 4.98 Å². The zero-order valence-corrected chi connectivity index (χ0v) is 20.2. The Labute approximate surface area is 208 Å². The predicted molar refractivity (Wildman–Crippen MR) is 148 cm³/mol. The van der Waals surface area contributed by atoms with Gasteiger partial charge in [0.1, 0.15) is 17.0 Å². The summed E-state index contributed by atoms with van der Waals surface area (Å²) in [4.78, 5) is 4.87. The molecule has 0 fully saturated rings. The first-order valence-corrected chi connectivity index (χ1v) is 12.4. The number of nitrogens with zero attached hydrogens (tertiary/aromatic N) is 1. The number of para-hydroxylation sites is 1. The third-order valence-electron chi connectivity index (χ3n) is 7.18. The molecule has 0 unspecified atom stereocenters. The molecule has 5 aromatic carbocycles. The molecule has 0 bridgehead atoms. The van der Waals surface area contributed by atoms with E-state index in [1.54, 1.807) is 6.07 Å². The van der Waals surface area contributed by atoms with E-state index in [9.17, 15) is 4.39 Å². The van der Waals surface area contributed by atoms with Gasteiger partial charge in [-0.15, -0.1) is 0 Å². The minimum atomic E-state index is -0.214. The maximum Gasteiger partial charge on any atom is 0.138 e. The van der Waals surface area contributed by atoms with Gasteiger partial charge in [-0.1, -0.05) is 62.4 Å². The Morgan fingerprint density at radius 3 is 2.36 bits per heavy atom. The number of fused-ring (bicyclic) bond motifs is 8. The van der Waals surface area contributed by atoms with E-state index in [0.717, 1.165) is 71.9 Å². The lowest BCUT2D eigenvalue weighted by molar-refractivity contribution is 0.624. The Balaban J connectivity index is 1.52. The molecule has 0 aliphatic rings. The Morgan fingerprint density at radius 2 is 1.47 bits per heavy atom. The van der Waals surface area contributed by atoms with Crippen LogP contribution in [-0.2, 0) is 6.42 Å². The smallest absolute Gasteiger partial charge is 0.138 e. The SMILES string of the molecule is CC(C)Cc1cc(-c2nccc3c2ccc2c4ccc(F)cc4ccc32)cc2c1oc1ccccc12. The normalized spacial score (nSPS) is 12.1. The highest BCUT2D eigenvalue weighted by molar-refractivity contribution is 6.19. The summed E-state index contributed by atoms with van der Waals surface area (Å²) in [5.74, 6) is 0.285. The highest BCUT2D eigenvalue weighted by Crippen LogP contribution is 2.39. The molecule has 0 atom stereocenters. The van der Waals surface area contributed by atoms with E-state index in [1.165, 1.54) is 11.6 Å². The van der Waals surface area contributed by atoms with Gasteiger partial charge in [0.05, 0.1) is 5.69 Å². The lowest BCUT2D eigenvalue weighted by Gasteiger charge is -2.13. The first-order chi connectivity index (χ1) is 17.6. The van der Waals surface area contributed by atoms with Crippen molar-refractivity contribution in [3.8, 4) is 11.3 Å². The van der Waals surface area contributed by atoms with Crippen LogP contribution in [0.15, 0.2) is 95.5 Å². The number of pyridine rings is 1. The number of hydrogen-bond donors (Lipinski definition) is 0. The van der Waals surface area contributed by atoms with Gasteiger partial charge in [-0.25, -0.2) is 4.39 Å². The summed E-state index contributed by atoms with van der Waals surface area (Å²) in [5, 5.41) is 8.74. The van der Waals surface area contributed by atoms with Crippen LogP contribution in [0, 0.1) is 11.7 Å². The fraction of sp³-hybridized carbons (Fsp3) is 0.121. The van der Waals surface area contributed by atoms with E-state index in [0.29, 0.717) is 5.92 Å². The average Bonchev–Trinajstić information content (AvgIpc) is 3.26. The maximum atomic E-state index is 13.8. The Bertz CT molecular complexity index is 1960. The average molecular weight is 470 g/mol. The number of halogens is 1. The highest BCUT2D eigenvalue weighted by atomic mass is 19.1. The Morgan fingerprint density at radius 1 is 0.722 bits per heavy atom. The molecule has 0 aliphatic carbocycles. The molecular formula is C33H24FNO. The van der Waals surface area contributed by atoms with Crippen LogP contribution in [0.3, 0.4) is 0 Å². The van der Waals surface area contributed by atoms with Crippen molar-refractivity contribution in [2.75, 3.05) is 0 Å². The van der Waals surface area contributed by atoms with E-state index >= 15 is 0 Å². The van der Waals surface area contributed by atoms with E-state index in [4.69, 9.17) is 9.40 Å². The molecule has 174 valence electrons. The second kappa shape index (κ2) is 7.89. The molecule has 0 saturated heterocycles. The number of rotatable bonds is 3. The maximum absolute atomic E-state index is 13.8. The largest absolute Gasteiger partial charge is 0.456 e. The quantitative estimate of drug-likeness (QED) is 0.241. The lowest BCUT2D eigenvalue weighted by atomic mass is 9.93. The fourth-order valence-corrected chi connectivity index (χ4v) is 5.64. The summed E-state index contributed by atoms with van der Waals surface area (Å²) in [6.07, 6.45) is 2.83. The van der Waals surface area contributed by atoms with Crippen molar-refractivity contribution in [2.24, 2.45) is 5.92 Å². The van der Waals surface area contributed by atoms with Gasteiger partial charge in [0.2, 0.25) is 0 Å². The Hall–Kier alpha value is -4.24. The van der Waals surface area contributed by atoms with Crippen molar-refractivity contribution >= 4 is 54.3 Å². The van der Waals surface area contributed by atoms with Crippen molar-refractivity contribution in [2.45, 2.75) is 20.3 Å². The van der Waals surface area contributed by atoms with Crippen molar-refractivity contribution in [3.05, 3.63) is 103 Å². The second-order valence-corrected chi connectivity index (χ2v) is 10.1. The molecule has 7 aromatic rings. The third kappa shape index (κ3) is 3.20. The standard InChI is InChI=1S/C33H24FNO/c1-19(2)15-22-16-21(18-30-28-5-3-4-6-31(28)36-33(22)30)32-29-12-11-25-24-10-8-23(34)17-20(24)7-9-26(25)27(29)13-14-35-32/h3-14,16-19H,15H2,1-2H3. The van der Waals surface area contributed by atoms with Gasteiger partial charge in [0.25, 0.3) is 0 Å². The van der Waals surface area contributed by atoms with Crippen LogP contribution < -0.4 is 0 Å². The summed E-state index contributed by atoms with van der Waals surface area (Å²) in [6, 6.07) is 28.2. The molecule has 0 radical (unpaired) electrons. The zero-order valence-electron chi connectivity index (χ0n) is 20.2. The van der Waals surface area contributed by atoms with Crippen LogP contribution >= 0.6 is 0 Å². The molecule has 3 heteroatoms. The summed E-state index contributed by atoms with van der Waals surface area (Å²) in [7, 11) is 0. The molecule has 0 amide bonds. The molecular weight excluding hydrogens is 445 g/mol. The van der Waals surface area contributed by atoms with Crippen LogP contribution in [0.2, 0.25) is 0 Å². The van der Waals surface area contributed by atoms with Crippen molar-refractivity contribution in [3.63, 3.8) is 0 Å². The van der Waals surface area contributed by atoms with Gasteiger partial charge >= 0.3 is 0 Å². The minimum Gasteiger partial charge on any atom is -0.456 e. The lowest BCUT2D eigenvalue weighted by Crippen LogP contribution is -1.96. The molecule has 0 spiro atoms. The Kier molecular flexibility index (Phi) is 4.62. The first kappa shape index (κ1) is 21.1. The summed E-state index contributed by atoms with van der Waals surface area (Å²) >= 11 is 0. The van der Waals surface area contributed by atoms with Crippen molar-refractivity contribution < 1.29 is 8.81 Å². The van der Waals surface area contributed by atoms with E-state index in [-0.39, 0.29) is 5.82 Å². The molecule has 2 heterocycles. The van der Waals surface area contributed by atoms with Crippen LogP contribution in [-0.4, -0.2) is 4.98 Å². The molecule has 36 heavy (non-hydrogen) atoms.